The van der Waals surface area contributed by atoms with Gasteiger partial charge in [0.15, 0.2) is 0 Å². The van der Waals surface area contributed by atoms with Gasteiger partial charge in [-0.05, 0) is 42.7 Å². The van der Waals surface area contributed by atoms with E-state index in [0.29, 0.717) is 35.4 Å². The van der Waals surface area contributed by atoms with E-state index in [-0.39, 0.29) is 24.0 Å². The smallest absolute Gasteiger partial charge is 0.313 e. The molecule has 0 spiro atoms. The van der Waals surface area contributed by atoms with E-state index in [1.807, 2.05) is 19.9 Å². The van der Waals surface area contributed by atoms with Gasteiger partial charge in [0.2, 0.25) is 0 Å². The van der Waals surface area contributed by atoms with Gasteiger partial charge in [0.05, 0.1) is 34.9 Å². The number of carbonyl (C=O) groups excluding carboxylic acids is 1. The molecule has 1 aromatic carbocycles. The summed E-state index contributed by atoms with van der Waals surface area (Å²) in [4.78, 5) is 29.9. The summed E-state index contributed by atoms with van der Waals surface area (Å²) in [6, 6.07) is 6.46. The van der Waals surface area contributed by atoms with Gasteiger partial charge in [-0.3, -0.25) is 9.59 Å². The number of cyclic esters (lactones) is 1. The molecule has 0 fully saturated rings. The van der Waals surface area contributed by atoms with Crippen LogP contribution in [0.15, 0.2) is 29.1 Å². The number of aromatic nitrogens is 2. The lowest BCUT2D eigenvalue weighted by atomic mass is 9.90. The number of nitrogens with zero attached hydrogens (tertiary/aromatic N) is 2. The average Bonchev–Trinajstić information content (AvgIpc) is 3.01. The van der Waals surface area contributed by atoms with E-state index in [9.17, 15) is 14.0 Å². The molecule has 0 saturated heterocycles. The van der Waals surface area contributed by atoms with Crippen LogP contribution >= 0.6 is 0 Å². The van der Waals surface area contributed by atoms with Gasteiger partial charge in [-0.25, -0.2) is 9.37 Å². The van der Waals surface area contributed by atoms with Gasteiger partial charge in [-0.2, -0.15) is 0 Å². The lowest BCUT2D eigenvalue weighted by molar-refractivity contribution is -0.148. The molecule has 2 aromatic heterocycles. The molecule has 0 bridgehead atoms. The molecule has 4 heterocycles. The number of halogens is 1. The Morgan fingerprint density at radius 1 is 1.26 bits per heavy atom. The molecule has 2 aliphatic rings. The van der Waals surface area contributed by atoms with Crippen molar-refractivity contribution in [3.05, 3.63) is 62.7 Å². The fraction of sp³-hybridized carbons (Fsp3) is 0.286. The van der Waals surface area contributed by atoms with Crippen molar-refractivity contribution in [3.63, 3.8) is 0 Å². The summed E-state index contributed by atoms with van der Waals surface area (Å²) in [5, 5.41) is 0.880. The quantitative estimate of drug-likeness (QED) is 0.486. The minimum Gasteiger partial charge on any atom is -0.460 e. The van der Waals surface area contributed by atoms with Crippen molar-refractivity contribution in [3.8, 4) is 11.4 Å². The molecular weight excluding hydrogens is 347 g/mol. The molecule has 136 valence electrons. The van der Waals surface area contributed by atoms with Crippen molar-refractivity contribution in [2.45, 2.75) is 39.3 Å². The number of hydrogen-bond donors (Lipinski definition) is 0. The van der Waals surface area contributed by atoms with Crippen LogP contribution in [0.3, 0.4) is 0 Å². The molecule has 0 saturated carbocycles. The summed E-state index contributed by atoms with van der Waals surface area (Å²) >= 11 is 0. The van der Waals surface area contributed by atoms with Gasteiger partial charge in [0.1, 0.15) is 12.4 Å². The first-order valence-electron chi connectivity index (χ1n) is 9.02. The molecule has 6 heteroatoms. The van der Waals surface area contributed by atoms with Gasteiger partial charge in [-0.1, -0.05) is 6.92 Å². The van der Waals surface area contributed by atoms with E-state index in [1.165, 1.54) is 12.1 Å². The summed E-state index contributed by atoms with van der Waals surface area (Å²) in [6.07, 6.45) is 0.566. The van der Waals surface area contributed by atoms with E-state index in [4.69, 9.17) is 4.74 Å². The van der Waals surface area contributed by atoms with E-state index in [0.717, 1.165) is 22.1 Å². The van der Waals surface area contributed by atoms with Crippen LogP contribution in [0.2, 0.25) is 0 Å². The fourth-order valence-electron chi connectivity index (χ4n) is 4.28. The Labute approximate surface area is 154 Å². The lowest BCUT2D eigenvalue weighted by Crippen LogP contribution is -2.32. The second-order valence-corrected chi connectivity index (χ2v) is 7.15. The maximum Gasteiger partial charge on any atom is 0.313 e. The Morgan fingerprint density at radius 2 is 2.07 bits per heavy atom. The summed E-state index contributed by atoms with van der Waals surface area (Å²) in [7, 11) is 0. The number of rotatable bonds is 1. The van der Waals surface area contributed by atoms with Crippen molar-refractivity contribution in [1.82, 2.24) is 9.55 Å². The fourth-order valence-corrected chi connectivity index (χ4v) is 4.28. The molecule has 0 N–H and O–H groups in total. The Kier molecular flexibility index (Phi) is 3.29. The van der Waals surface area contributed by atoms with E-state index in [1.54, 1.807) is 10.6 Å². The highest BCUT2D eigenvalue weighted by Crippen LogP contribution is 2.38. The Bertz CT molecular complexity index is 1210. The monoisotopic (exact) mass is 364 g/mol. The van der Waals surface area contributed by atoms with E-state index < -0.39 is 5.92 Å². The third-order valence-electron chi connectivity index (χ3n) is 5.76. The standard InChI is InChI=1S/C21H17FN2O3/c1-3-12-14-7-18-19-15(8-24(18)20(25)16(14)9-27-21(12)26)10(2)13-5-4-11(22)6-17(13)23-19/h4-7,12H,3,8-9H2,1-2H3/t12-/m1/s1. The zero-order chi connectivity index (χ0) is 18.9. The second kappa shape index (κ2) is 5.49. The largest absolute Gasteiger partial charge is 0.460 e. The molecule has 3 aromatic rings. The molecule has 1 atom stereocenters. The number of hydrogen-bond acceptors (Lipinski definition) is 4. The summed E-state index contributed by atoms with van der Waals surface area (Å²) in [5.41, 5.74) is 5.06. The number of ether oxygens (including phenoxy) is 1. The topological polar surface area (TPSA) is 61.2 Å². The summed E-state index contributed by atoms with van der Waals surface area (Å²) in [5.74, 6) is -1.07. The molecule has 0 unspecified atom stereocenters. The predicted molar refractivity (Wildman–Crippen MR) is 98.1 cm³/mol. The summed E-state index contributed by atoms with van der Waals surface area (Å²) in [6.45, 7) is 4.31. The third kappa shape index (κ3) is 2.13. The van der Waals surface area contributed by atoms with Gasteiger partial charge in [0.25, 0.3) is 5.56 Å². The van der Waals surface area contributed by atoms with Gasteiger partial charge in [0, 0.05) is 17.0 Å². The van der Waals surface area contributed by atoms with Crippen LogP contribution in [0.4, 0.5) is 4.39 Å². The van der Waals surface area contributed by atoms with Crippen LogP contribution in [0.25, 0.3) is 22.3 Å². The summed E-state index contributed by atoms with van der Waals surface area (Å²) < 4.78 is 20.6. The average molecular weight is 364 g/mol. The molecule has 0 aliphatic carbocycles. The second-order valence-electron chi connectivity index (χ2n) is 7.15. The van der Waals surface area contributed by atoms with Crippen LogP contribution in [-0.4, -0.2) is 15.5 Å². The third-order valence-corrected chi connectivity index (χ3v) is 5.76. The van der Waals surface area contributed by atoms with Gasteiger partial charge in [-0.15, -0.1) is 0 Å². The minimum atomic E-state index is -0.435. The number of esters is 1. The number of pyridine rings is 2. The molecule has 5 nitrogen and oxygen atoms in total. The Hall–Kier alpha value is -3.02. The molecular formula is C21H17FN2O3. The first-order valence-corrected chi connectivity index (χ1v) is 9.02. The zero-order valence-electron chi connectivity index (χ0n) is 15.0. The van der Waals surface area contributed by atoms with Crippen molar-refractivity contribution in [2.24, 2.45) is 0 Å². The number of benzene rings is 1. The number of carbonyl (C=O) groups is 1. The molecule has 5 rings (SSSR count). The molecule has 2 aliphatic heterocycles. The van der Waals surface area contributed by atoms with Crippen molar-refractivity contribution < 1.29 is 13.9 Å². The number of aryl methyl sites for hydroxylation is 1. The maximum absolute atomic E-state index is 13.7. The van der Waals surface area contributed by atoms with Gasteiger partial charge < -0.3 is 9.30 Å². The van der Waals surface area contributed by atoms with Crippen LogP contribution in [-0.2, 0) is 22.7 Å². The van der Waals surface area contributed by atoms with Crippen molar-refractivity contribution >= 4 is 16.9 Å². The molecule has 27 heavy (non-hydrogen) atoms. The maximum atomic E-state index is 13.7. The van der Waals surface area contributed by atoms with Gasteiger partial charge >= 0.3 is 5.97 Å². The molecule has 0 radical (unpaired) electrons. The predicted octanol–water partition coefficient (Wildman–Crippen LogP) is 3.42. The van der Waals surface area contributed by atoms with Crippen molar-refractivity contribution in [2.75, 3.05) is 0 Å². The zero-order valence-corrected chi connectivity index (χ0v) is 15.0. The van der Waals surface area contributed by atoms with Crippen LogP contribution in [0.5, 0.6) is 0 Å². The van der Waals surface area contributed by atoms with Crippen molar-refractivity contribution in [1.29, 1.82) is 0 Å². The van der Waals surface area contributed by atoms with E-state index in [2.05, 4.69) is 4.98 Å². The first kappa shape index (κ1) is 16.2. The number of fused-ring (bicyclic) bond motifs is 5. The van der Waals surface area contributed by atoms with Crippen LogP contribution in [0.1, 0.15) is 41.5 Å². The Balaban J connectivity index is 1.81. The SMILES string of the molecule is CC[C@H]1C(=O)OCc2c1cc1n(c2=O)Cc2c-1nc1cc(F)ccc1c2C. The first-order chi connectivity index (χ1) is 13.0. The lowest BCUT2D eigenvalue weighted by Gasteiger charge is -2.24. The van der Waals surface area contributed by atoms with Crippen LogP contribution in [0, 0.1) is 12.7 Å². The Morgan fingerprint density at radius 3 is 2.85 bits per heavy atom. The minimum absolute atomic E-state index is 0.0136. The highest BCUT2D eigenvalue weighted by Gasteiger charge is 2.34. The van der Waals surface area contributed by atoms with E-state index >= 15 is 0 Å². The normalized spacial score (nSPS) is 17.4. The highest BCUT2D eigenvalue weighted by atomic mass is 19.1. The highest BCUT2D eigenvalue weighted by molar-refractivity contribution is 5.88. The van der Waals surface area contributed by atoms with Crippen LogP contribution < -0.4 is 5.56 Å². The molecule has 0 amide bonds.